The van der Waals surface area contributed by atoms with Gasteiger partial charge in [0.05, 0.1) is 41.6 Å². The quantitative estimate of drug-likeness (QED) is 0.462. The van der Waals surface area contributed by atoms with Gasteiger partial charge in [-0.2, -0.15) is 0 Å². The van der Waals surface area contributed by atoms with Gasteiger partial charge in [0, 0.05) is 17.0 Å². The van der Waals surface area contributed by atoms with Gasteiger partial charge in [0.25, 0.3) is 0 Å². The molecule has 0 bridgehead atoms. The summed E-state index contributed by atoms with van der Waals surface area (Å²) >= 11 is 6.55. The molecule has 5 N–H and O–H groups in total. The van der Waals surface area contributed by atoms with E-state index in [1.165, 1.54) is 0 Å². The molecular formula is C23H24ClN3O5. The Kier molecular flexibility index (Phi) is 4.56. The van der Waals surface area contributed by atoms with E-state index in [0.717, 1.165) is 29.5 Å². The van der Waals surface area contributed by atoms with Crippen molar-refractivity contribution >= 4 is 22.6 Å². The molecule has 0 spiro atoms. The molecule has 2 aromatic heterocycles. The molecule has 32 heavy (non-hydrogen) atoms. The molecule has 3 fully saturated rings. The number of aromatic amines is 1. The van der Waals surface area contributed by atoms with Crippen molar-refractivity contribution in [2.24, 2.45) is 5.73 Å². The van der Waals surface area contributed by atoms with Crippen LogP contribution in [0.5, 0.6) is 5.88 Å². The van der Waals surface area contributed by atoms with Gasteiger partial charge < -0.3 is 29.4 Å². The predicted octanol–water partition coefficient (Wildman–Crippen LogP) is 2.10. The number of aromatic nitrogens is 2. The van der Waals surface area contributed by atoms with Crippen LogP contribution in [0.15, 0.2) is 36.4 Å². The summed E-state index contributed by atoms with van der Waals surface area (Å²) in [6, 6.07) is 11.7. The molecule has 0 unspecified atom stereocenters. The van der Waals surface area contributed by atoms with E-state index in [2.05, 4.69) is 4.98 Å². The highest BCUT2D eigenvalue weighted by Crippen LogP contribution is 2.48. The Bertz CT molecular complexity index is 1180. The van der Waals surface area contributed by atoms with Crippen molar-refractivity contribution in [1.82, 2.24) is 9.97 Å². The van der Waals surface area contributed by atoms with Crippen LogP contribution in [-0.2, 0) is 14.9 Å². The van der Waals surface area contributed by atoms with Crippen molar-refractivity contribution in [3.8, 4) is 17.1 Å². The molecule has 0 radical (unpaired) electrons. The first-order valence-electron chi connectivity index (χ1n) is 10.7. The molecule has 168 valence electrons. The minimum atomic E-state index is -1.19. The van der Waals surface area contributed by atoms with Crippen molar-refractivity contribution < 1.29 is 24.4 Å². The van der Waals surface area contributed by atoms with Crippen LogP contribution in [0, 0.1) is 0 Å². The highest BCUT2D eigenvalue weighted by atomic mass is 35.5. The molecular weight excluding hydrogens is 434 g/mol. The van der Waals surface area contributed by atoms with E-state index >= 15 is 0 Å². The van der Waals surface area contributed by atoms with E-state index in [1.54, 1.807) is 6.07 Å². The zero-order valence-electron chi connectivity index (χ0n) is 17.3. The number of aliphatic hydroxyl groups excluding tert-OH is 2. The number of halogens is 1. The average molecular weight is 458 g/mol. The molecule has 2 aliphatic heterocycles. The lowest BCUT2D eigenvalue weighted by molar-refractivity contribution is -0.0637. The first-order chi connectivity index (χ1) is 15.4. The van der Waals surface area contributed by atoms with Crippen LogP contribution in [0.1, 0.15) is 18.4 Å². The van der Waals surface area contributed by atoms with Crippen LogP contribution in [-0.4, -0.2) is 64.0 Å². The highest BCUT2D eigenvalue weighted by molar-refractivity contribution is 6.33. The third kappa shape index (κ3) is 3.06. The monoisotopic (exact) mass is 457 g/mol. The standard InChI is InChI=1S/C23H24ClN3O5/c24-14-7-15-16(27-20(14)12-1-3-13(4-2-12)22(11-28)5-6-22)8-19(26-15)32-18-10-30-21-17(29)9-31-23(18,21)25/h1-4,7-8,17-18,21,26,28-29H,5-6,9-11,25H2/t17-,18+,21+,23+/m0/s1. The summed E-state index contributed by atoms with van der Waals surface area (Å²) in [5, 5.41) is 20.2. The number of pyridine rings is 1. The van der Waals surface area contributed by atoms with Gasteiger partial charge in [-0.05, 0) is 24.5 Å². The van der Waals surface area contributed by atoms with E-state index in [9.17, 15) is 10.2 Å². The Hall–Kier alpha value is -2.20. The summed E-state index contributed by atoms with van der Waals surface area (Å²) in [5.74, 6) is 0.471. The van der Waals surface area contributed by atoms with Gasteiger partial charge in [0.1, 0.15) is 12.2 Å². The SMILES string of the molecule is N[C@]12OC[C@H](O)[C@H]1OC[C@H]2Oc1cc2nc(-c3ccc(C4(CO)CC4)cc3)c(Cl)cc2[nH]1. The second-order valence-electron chi connectivity index (χ2n) is 8.99. The number of H-pyrrole nitrogens is 1. The Morgan fingerprint density at radius 3 is 2.72 bits per heavy atom. The second kappa shape index (κ2) is 7.15. The zero-order chi connectivity index (χ0) is 22.1. The minimum absolute atomic E-state index is 0.0744. The minimum Gasteiger partial charge on any atom is -0.468 e. The Balaban J connectivity index is 1.27. The number of hydrogen-bond acceptors (Lipinski definition) is 7. The number of benzene rings is 1. The number of nitrogens with one attached hydrogen (secondary N) is 1. The van der Waals surface area contributed by atoms with Crippen LogP contribution in [0.4, 0.5) is 0 Å². The first-order valence-corrected chi connectivity index (χ1v) is 11.1. The van der Waals surface area contributed by atoms with E-state index in [-0.39, 0.29) is 25.2 Å². The molecule has 1 aromatic carbocycles. The lowest BCUT2D eigenvalue weighted by Gasteiger charge is -2.27. The van der Waals surface area contributed by atoms with Gasteiger partial charge in [0.15, 0.2) is 17.7 Å². The predicted molar refractivity (Wildman–Crippen MR) is 118 cm³/mol. The van der Waals surface area contributed by atoms with Crippen molar-refractivity contribution in [3.63, 3.8) is 0 Å². The highest BCUT2D eigenvalue weighted by Gasteiger charge is 2.59. The molecule has 3 aliphatic rings. The zero-order valence-corrected chi connectivity index (χ0v) is 18.0. The maximum absolute atomic E-state index is 9.98. The number of fused-ring (bicyclic) bond motifs is 2. The number of nitrogens with two attached hydrogens (primary N) is 1. The normalized spacial score (nSPS) is 30.6. The van der Waals surface area contributed by atoms with Gasteiger partial charge in [-0.15, -0.1) is 0 Å². The average Bonchev–Trinajstić information content (AvgIpc) is 3.28. The molecule has 8 nitrogen and oxygen atoms in total. The van der Waals surface area contributed by atoms with Gasteiger partial charge >= 0.3 is 0 Å². The van der Waals surface area contributed by atoms with Crippen molar-refractivity contribution in [2.75, 3.05) is 19.8 Å². The molecule has 4 heterocycles. The lowest BCUT2D eigenvalue weighted by atomic mass is 9.95. The maximum atomic E-state index is 9.98. The van der Waals surface area contributed by atoms with Gasteiger partial charge in [-0.1, -0.05) is 35.9 Å². The fourth-order valence-electron chi connectivity index (χ4n) is 4.76. The largest absolute Gasteiger partial charge is 0.468 e. The van der Waals surface area contributed by atoms with E-state index in [1.807, 2.05) is 30.3 Å². The van der Waals surface area contributed by atoms with Crippen LogP contribution in [0.3, 0.4) is 0 Å². The molecule has 3 aromatic rings. The lowest BCUT2D eigenvalue weighted by Crippen LogP contribution is -2.57. The number of rotatable bonds is 5. The Morgan fingerprint density at radius 1 is 1.22 bits per heavy atom. The second-order valence-corrected chi connectivity index (χ2v) is 9.40. The van der Waals surface area contributed by atoms with Gasteiger partial charge in [0.2, 0.25) is 0 Å². The number of aliphatic hydroxyl groups is 2. The maximum Gasteiger partial charge on any atom is 0.194 e. The summed E-state index contributed by atoms with van der Waals surface area (Å²) in [7, 11) is 0. The molecule has 1 aliphatic carbocycles. The Labute approximate surface area is 189 Å². The van der Waals surface area contributed by atoms with Crippen LogP contribution >= 0.6 is 11.6 Å². The summed E-state index contributed by atoms with van der Waals surface area (Å²) in [5.41, 5.74) is 9.21. The molecule has 6 rings (SSSR count). The summed E-state index contributed by atoms with van der Waals surface area (Å²) in [4.78, 5) is 7.91. The van der Waals surface area contributed by atoms with Crippen molar-refractivity contribution in [3.05, 3.63) is 47.0 Å². The van der Waals surface area contributed by atoms with Crippen LogP contribution in [0.25, 0.3) is 22.3 Å². The molecule has 1 saturated carbocycles. The van der Waals surface area contributed by atoms with Crippen LogP contribution < -0.4 is 10.5 Å². The Morgan fingerprint density at radius 2 is 2.00 bits per heavy atom. The summed E-state index contributed by atoms with van der Waals surface area (Å²) < 4.78 is 17.2. The van der Waals surface area contributed by atoms with Crippen molar-refractivity contribution in [1.29, 1.82) is 0 Å². The van der Waals surface area contributed by atoms with Gasteiger partial charge in [-0.3, -0.25) is 5.73 Å². The summed E-state index contributed by atoms with van der Waals surface area (Å²) in [6.45, 7) is 0.505. The number of hydrogen-bond donors (Lipinski definition) is 4. The molecule has 2 saturated heterocycles. The number of ether oxygens (including phenoxy) is 3. The van der Waals surface area contributed by atoms with E-state index in [4.69, 9.17) is 36.5 Å². The van der Waals surface area contributed by atoms with E-state index < -0.39 is 24.0 Å². The topological polar surface area (TPSA) is 123 Å². The molecule has 4 atom stereocenters. The summed E-state index contributed by atoms with van der Waals surface area (Å²) in [6.07, 6.45) is 0.0840. The van der Waals surface area contributed by atoms with Crippen LogP contribution in [0.2, 0.25) is 5.02 Å². The van der Waals surface area contributed by atoms with Gasteiger partial charge in [-0.25, -0.2) is 4.98 Å². The smallest absolute Gasteiger partial charge is 0.194 e. The molecule has 0 amide bonds. The first kappa shape index (κ1) is 20.4. The fourth-order valence-corrected chi connectivity index (χ4v) is 5.02. The number of nitrogens with zero attached hydrogens (tertiary/aromatic N) is 1. The third-order valence-corrected chi connectivity index (χ3v) is 7.24. The fraction of sp³-hybridized carbons (Fsp3) is 0.435. The third-order valence-electron chi connectivity index (χ3n) is 6.96. The van der Waals surface area contributed by atoms with E-state index in [0.29, 0.717) is 22.1 Å². The molecule has 9 heteroatoms. The van der Waals surface area contributed by atoms with Crippen molar-refractivity contribution in [2.45, 2.75) is 42.3 Å².